The minimum absolute atomic E-state index is 0.190. The van der Waals surface area contributed by atoms with Gasteiger partial charge in [-0.3, -0.25) is 10.1 Å². The predicted molar refractivity (Wildman–Crippen MR) is 97.8 cm³/mol. The van der Waals surface area contributed by atoms with Gasteiger partial charge in [0.1, 0.15) is 0 Å². The normalized spacial score (nSPS) is 33.2. The van der Waals surface area contributed by atoms with Crippen LogP contribution >= 0.6 is 12.2 Å². The van der Waals surface area contributed by atoms with Crippen LogP contribution in [0.4, 0.5) is 0 Å². The van der Waals surface area contributed by atoms with E-state index in [9.17, 15) is 9.90 Å². The molecule has 2 fully saturated rings. The summed E-state index contributed by atoms with van der Waals surface area (Å²) in [5.41, 5.74) is 0.0672. The first-order valence-electron chi connectivity index (χ1n) is 8.25. The maximum absolute atomic E-state index is 12.3. The quantitative estimate of drug-likeness (QED) is 0.751. The van der Waals surface area contributed by atoms with Gasteiger partial charge in [0.25, 0.3) is 5.91 Å². The third-order valence-electron chi connectivity index (χ3n) is 5.23. The molecule has 1 aromatic carbocycles. The predicted octanol–water partition coefficient (Wildman–Crippen LogP) is 1.34. The van der Waals surface area contributed by atoms with E-state index in [2.05, 4.69) is 31.1 Å². The fourth-order valence-electron chi connectivity index (χ4n) is 4.49. The second kappa shape index (κ2) is 6.10. The first kappa shape index (κ1) is 17.3. The number of nitrogens with one attached hydrogen (secondary N) is 1. The van der Waals surface area contributed by atoms with Crippen LogP contribution in [0.15, 0.2) is 30.3 Å². The van der Waals surface area contributed by atoms with Crippen molar-refractivity contribution < 1.29 is 9.90 Å². The van der Waals surface area contributed by atoms with Gasteiger partial charge in [-0.05, 0) is 31.4 Å². The molecule has 2 aliphatic rings. The number of rotatable bonds is 1. The number of carbonyl (C=O) groups is 1. The average molecular weight is 347 g/mol. The molecule has 0 aliphatic carbocycles. The second-order valence-corrected chi connectivity index (χ2v) is 8.25. The van der Waals surface area contributed by atoms with Crippen molar-refractivity contribution in [2.45, 2.75) is 20.0 Å². The summed E-state index contributed by atoms with van der Waals surface area (Å²) in [7, 11) is 2.09. The third kappa shape index (κ3) is 3.06. The molecule has 3 rings (SSSR count). The van der Waals surface area contributed by atoms with Crippen molar-refractivity contribution >= 4 is 23.2 Å². The lowest BCUT2D eigenvalue weighted by Gasteiger charge is -2.59. The van der Waals surface area contributed by atoms with Crippen LogP contribution in [0.3, 0.4) is 0 Å². The van der Waals surface area contributed by atoms with E-state index in [-0.39, 0.29) is 22.8 Å². The molecule has 0 spiro atoms. The summed E-state index contributed by atoms with van der Waals surface area (Å²) in [5.74, 6) is -0.190. The van der Waals surface area contributed by atoms with Gasteiger partial charge in [-0.25, -0.2) is 0 Å². The number of nitrogens with zero attached hydrogens (tertiary/aromatic N) is 2. The number of aliphatic hydroxyl groups is 1. The number of piperidine rings is 2. The number of benzene rings is 1. The van der Waals surface area contributed by atoms with Gasteiger partial charge in [0.15, 0.2) is 5.11 Å². The Morgan fingerprint density at radius 1 is 1.17 bits per heavy atom. The first-order valence-corrected chi connectivity index (χ1v) is 8.66. The molecule has 0 saturated carbocycles. The van der Waals surface area contributed by atoms with Crippen molar-refractivity contribution in [2.75, 3.05) is 33.2 Å². The lowest BCUT2D eigenvalue weighted by Crippen LogP contribution is -2.71. The van der Waals surface area contributed by atoms with Gasteiger partial charge in [0.2, 0.25) is 0 Å². The lowest BCUT2D eigenvalue weighted by molar-refractivity contribution is -0.157. The molecule has 0 unspecified atom stereocenters. The van der Waals surface area contributed by atoms with Gasteiger partial charge in [0.05, 0.1) is 6.10 Å². The number of fused-ring (bicyclic) bond motifs is 2. The Morgan fingerprint density at radius 3 is 2.25 bits per heavy atom. The second-order valence-electron chi connectivity index (χ2n) is 7.86. The minimum atomic E-state index is -0.370. The fraction of sp³-hybridized carbons (Fsp3) is 0.556. The van der Waals surface area contributed by atoms with Crippen LogP contribution in [-0.2, 0) is 0 Å². The summed E-state index contributed by atoms with van der Waals surface area (Å²) >= 11 is 5.49. The average Bonchev–Trinajstić information content (AvgIpc) is 2.51. The van der Waals surface area contributed by atoms with Crippen molar-refractivity contribution in [1.82, 2.24) is 15.1 Å². The third-order valence-corrected chi connectivity index (χ3v) is 5.59. The van der Waals surface area contributed by atoms with E-state index in [0.29, 0.717) is 23.8 Å². The molecule has 24 heavy (non-hydrogen) atoms. The summed E-state index contributed by atoms with van der Waals surface area (Å²) in [4.78, 5) is 16.6. The molecule has 2 saturated heterocycles. The Labute approximate surface area is 148 Å². The van der Waals surface area contributed by atoms with Crippen LogP contribution in [0, 0.1) is 10.8 Å². The Morgan fingerprint density at radius 2 is 1.71 bits per heavy atom. The van der Waals surface area contributed by atoms with E-state index in [0.717, 1.165) is 13.1 Å². The molecular formula is C18H25N3O2S. The highest BCUT2D eigenvalue weighted by Crippen LogP contribution is 2.45. The zero-order valence-corrected chi connectivity index (χ0v) is 15.3. The smallest absolute Gasteiger partial charge is 0.257 e. The number of likely N-dealkylation sites (tertiary alicyclic amines) is 2. The number of hydrogen-bond acceptors (Lipinski definition) is 4. The zero-order chi connectivity index (χ0) is 17.5. The van der Waals surface area contributed by atoms with E-state index < -0.39 is 0 Å². The molecule has 130 valence electrons. The van der Waals surface area contributed by atoms with Gasteiger partial charge >= 0.3 is 0 Å². The molecule has 2 N–H and O–H groups in total. The van der Waals surface area contributed by atoms with Crippen LogP contribution in [0.2, 0.25) is 0 Å². The molecule has 6 heteroatoms. The summed E-state index contributed by atoms with van der Waals surface area (Å²) in [6.45, 7) is 7.10. The largest absolute Gasteiger partial charge is 0.392 e. The molecular weight excluding hydrogens is 322 g/mol. The zero-order valence-electron chi connectivity index (χ0n) is 14.5. The lowest BCUT2D eigenvalue weighted by atomic mass is 9.63. The first-order chi connectivity index (χ1) is 11.2. The van der Waals surface area contributed by atoms with Crippen LogP contribution in [0.1, 0.15) is 24.2 Å². The van der Waals surface area contributed by atoms with E-state index in [1.54, 1.807) is 12.1 Å². The van der Waals surface area contributed by atoms with Crippen molar-refractivity contribution in [2.24, 2.45) is 10.8 Å². The number of carbonyl (C=O) groups excluding carboxylic acids is 1. The van der Waals surface area contributed by atoms with Gasteiger partial charge in [-0.2, -0.15) is 0 Å². The molecule has 2 aliphatic heterocycles. The topological polar surface area (TPSA) is 55.8 Å². The molecule has 0 aromatic heterocycles. The van der Waals surface area contributed by atoms with E-state index in [1.807, 2.05) is 23.1 Å². The SMILES string of the molecule is CN1C[C@@]2(C)CN(C(=S)NC(=O)c3ccccc3)C[C@](C)(C1)C2O. The van der Waals surface area contributed by atoms with E-state index >= 15 is 0 Å². The minimum Gasteiger partial charge on any atom is -0.392 e. The van der Waals surface area contributed by atoms with Gasteiger partial charge < -0.3 is 14.9 Å². The number of hydrogen-bond donors (Lipinski definition) is 2. The van der Waals surface area contributed by atoms with Gasteiger partial charge in [0, 0.05) is 42.6 Å². The van der Waals surface area contributed by atoms with Crippen LogP contribution in [0.5, 0.6) is 0 Å². The van der Waals surface area contributed by atoms with E-state index in [4.69, 9.17) is 12.2 Å². The summed E-state index contributed by atoms with van der Waals surface area (Å²) in [6, 6.07) is 9.07. The molecule has 2 bridgehead atoms. The highest BCUT2D eigenvalue weighted by molar-refractivity contribution is 7.80. The monoisotopic (exact) mass is 347 g/mol. The van der Waals surface area contributed by atoms with Crippen molar-refractivity contribution in [3.05, 3.63) is 35.9 Å². The van der Waals surface area contributed by atoms with Crippen molar-refractivity contribution in [3.63, 3.8) is 0 Å². The maximum Gasteiger partial charge on any atom is 0.257 e. The molecule has 1 aromatic rings. The van der Waals surface area contributed by atoms with Crippen LogP contribution < -0.4 is 5.32 Å². The standard InChI is InChI=1S/C18H25N3O2S/c1-17-9-20(3)10-18(2,15(17)23)12-21(11-17)16(24)19-14(22)13-7-5-4-6-8-13/h4-8,15,23H,9-12H2,1-3H3,(H,19,22,24)/t17-,18-/m0/s1. The molecule has 2 heterocycles. The highest BCUT2D eigenvalue weighted by Gasteiger charge is 2.55. The fourth-order valence-corrected chi connectivity index (χ4v) is 4.71. The summed E-state index contributed by atoms with van der Waals surface area (Å²) in [6.07, 6.45) is -0.370. The number of amides is 1. The van der Waals surface area contributed by atoms with E-state index in [1.165, 1.54) is 0 Å². The number of thiocarbonyl (C=S) groups is 1. The van der Waals surface area contributed by atoms with Crippen molar-refractivity contribution in [3.8, 4) is 0 Å². The Balaban J connectivity index is 1.74. The maximum atomic E-state index is 12.3. The van der Waals surface area contributed by atoms with Crippen LogP contribution in [-0.4, -0.2) is 65.3 Å². The van der Waals surface area contributed by atoms with Gasteiger partial charge in [-0.1, -0.05) is 32.0 Å². The molecule has 1 amide bonds. The number of aliphatic hydroxyl groups excluding tert-OH is 1. The Hall–Kier alpha value is -1.50. The van der Waals surface area contributed by atoms with Crippen molar-refractivity contribution in [1.29, 1.82) is 0 Å². The Kier molecular flexibility index (Phi) is 4.40. The highest BCUT2D eigenvalue weighted by atomic mass is 32.1. The summed E-state index contributed by atoms with van der Waals surface area (Å²) < 4.78 is 0. The molecule has 2 atom stereocenters. The Bertz CT molecular complexity index is 631. The summed E-state index contributed by atoms with van der Waals surface area (Å²) in [5, 5.41) is 14.1. The van der Waals surface area contributed by atoms with Crippen LogP contribution in [0.25, 0.3) is 0 Å². The van der Waals surface area contributed by atoms with Gasteiger partial charge in [-0.15, -0.1) is 0 Å². The molecule has 5 nitrogen and oxygen atoms in total. The molecule has 0 radical (unpaired) electrons.